The van der Waals surface area contributed by atoms with Crippen molar-refractivity contribution in [2.24, 2.45) is 11.8 Å². The van der Waals surface area contributed by atoms with Gasteiger partial charge in [0.2, 0.25) is 0 Å². The van der Waals surface area contributed by atoms with Crippen LogP contribution in [0.15, 0.2) is 48.6 Å². The smallest absolute Gasteiger partial charge is 0.416 e. The number of halogens is 3. The van der Waals surface area contributed by atoms with Crippen molar-refractivity contribution in [2.45, 2.75) is 56.5 Å². The minimum absolute atomic E-state index is 0.0105. The van der Waals surface area contributed by atoms with Crippen molar-refractivity contribution in [3.63, 3.8) is 0 Å². The number of allylic oxidation sites excluding steroid dienone is 2. The standard InChI is InChI=1S/C24H32F3NO6/c1-33-23(31)10-5-3-2-4-9-20-19(21(28-32)14-22(20)30)12-11-17(29)15-34-18-8-6-7-16(13-18)24(25,26)27/h2,4,6-8,11-13,17,19-22,28-30,32H,3,5,9-10,14-15H2,1H3/t17-,19-,20-,21?,22+/m1/s1. The van der Waals surface area contributed by atoms with E-state index in [2.05, 4.69) is 10.2 Å². The molecule has 2 rings (SSSR count). The summed E-state index contributed by atoms with van der Waals surface area (Å²) in [5.74, 6) is -0.779. The van der Waals surface area contributed by atoms with Crippen LogP contribution in [0.25, 0.3) is 0 Å². The molecule has 1 unspecified atom stereocenters. The van der Waals surface area contributed by atoms with Crippen molar-refractivity contribution in [1.82, 2.24) is 5.48 Å². The number of ether oxygens (including phenoxy) is 2. The second kappa shape index (κ2) is 13.5. The average Bonchev–Trinajstić information content (AvgIpc) is 3.12. The third-order valence-electron chi connectivity index (χ3n) is 5.81. The molecule has 0 spiro atoms. The van der Waals surface area contributed by atoms with Crippen LogP contribution in [0.3, 0.4) is 0 Å². The highest BCUT2D eigenvalue weighted by Gasteiger charge is 2.40. The van der Waals surface area contributed by atoms with E-state index in [0.717, 1.165) is 12.1 Å². The Kier molecular flexibility index (Phi) is 11.0. The molecule has 0 aliphatic heterocycles. The van der Waals surface area contributed by atoms with E-state index in [-0.39, 0.29) is 30.2 Å². The molecule has 1 aromatic rings. The van der Waals surface area contributed by atoms with Crippen molar-refractivity contribution in [1.29, 1.82) is 0 Å². The van der Waals surface area contributed by atoms with Crippen LogP contribution in [0, 0.1) is 11.8 Å². The average molecular weight is 488 g/mol. The number of nitrogens with one attached hydrogen (secondary N) is 1. The van der Waals surface area contributed by atoms with Gasteiger partial charge in [-0.15, -0.1) is 0 Å². The predicted octanol–water partition coefficient (Wildman–Crippen LogP) is 3.64. The van der Waals surface area contributed by atoms with Gasteiger partial charge < -0.3 is 24.9 Å². The predicted molar refractivity (Wildman–Crippen MR) is 118 cm³/mol. The van der Waals surface area contributed by atoms with Gasteiger partial charge in [0.1, 0.15) is 18.5 Å². The van der Waals surface area contributed by atoms with Crippen molar-refractivity contribution in [2.75, 3.05) is 13.7 Å². The lowest BCUT2D eigenvalue weighted by Gasteiger charge is -2.21. The molecule has 1 aromatic carbocycles. The topological polar surface area (TPSA) is 108 Å². The molecule has 1 aliphatic rings. The molecule has 5 atom stereocenters. The van der Waals surface area contributed by atoms with Gasteiger partial charge in [0.05, 0.1) is 18.8 Å². The molecule has 0 radical (unpaired) electrons. The summed E-state index contributed by atoms with van der Waals surface area (Å²) < 4.78 is 48.3. The highest BCUT2D eigenvalue weighted by atomic mass is 19.4. The molecular weight excluding hydrogens is 455 g/mol. The normalized spacial score (nSPS) is 24.1. The number of hydroxylamine groups is 1. The van der Waals surface area contributed by atoms with Crippen LogP contribution in [0.2, 0.25) is 0 Å². The zero-order valence-corrected chi connectivity index (χ0v) is 18.9. The van der Waals surface area contributed by atoms with Gasteiger partial charge in [-0.1, -0.05) is 30.4 Å². The van der Waals surface area contributed by atoms with Gasteiger partial charge >= 0.3 is 12.1 Å². The first-order valence-electron chi connectivity index (χ1n) is 11.1. The number of esters is 1. The van der Waals surface area contributed by atoms with E-state index < -0.39 is 30.0 Å². The van der Waals surface area contributed by atoms with Gasteiger partial charge in [0.25, 0.3) is 0 Å². The van der Waals surface area contributed by atoms with Gasteiger partial charge in [0.15, 0.2) is 0 Å². The molecule has 0 bridgehead atoms. The fourth-order valence-corrected chi connectivity index (χ4v) is 3.97. The Morgan fingerprint density at radius 2 is 2.09 bits per heavy atom. The van der Waals surface area contributed by atoms with E-state index in [9.17, 15) is 33.4 Å². The molecule has 0 amide bonds. The summed E-state index contributed by atoms with van der Waals surface area (Å²) in [6, 6.07) is 3.98. The van der Waals surface area contributed by atoms with Crippen LogP contribution in [0.4, 0.5) is 13.2 Å². The van der Waals surface area contributed by atoms with Crippen molar-refractivity contribution >= 4 is 5.97 Å². The summed E-state index contributed by atoms with van der Waals surface area (Å²) in [6.07, 6.45) is 3.24. The Morgan fingerprint density at radius 1 is 1.32 bits per heavy atom. The number of benzene rings is 1. The van der Waals surface area contributed by atoms with Crippen LogP contribution >= 0.6 is 0 Å². The fraction of sp³-hybridized carbons (Fsp3) is 0.542. The minimum Gasteiger partial charge on any atom is -0.491 e. The first-order chi connectivity index (χ1) is 16.2. The summed E-state index contributed by atoms with van der Waals surface area (Å²) in [5.41, 5.74) is 1.36. The Morgan fingerprint density at radius 3 is 2.76 bits per heavy atom. The highest BCUT2D eigenvalue weighted by molar-refractivity contribution is 5.69. The molecule has 0 heterocycles. The Balaban J connectivity index is 1.90. The molecule has 190 valence electrons. The number of aliphatic hydroxyl groups is 2. The van der Waals surface area contributed by atoms with Gasteiger partial charge in [-0.05, 0) is 49.8 Å². The minimum atomic E-state index is -4.49. The summed E-state index contributed by atoms with van der Waals surface area (Å²) >= 11 is 0. The molecule has 10 heteroatoms. The van der Waals surface area contributed by atoms with Crippen LogP contribution in [0.5, 0.6) is 5.75 Å². The van der Waals surface area contributed by atoms with Crippen LogP contribution < -0.4 is 10.2 Å². The number of carbonyl (C=O) groups is 1. The number of unbranched alkanes of at least 4 members (excludes halogenated alkanes) is 1. The highest BCUT2D eigenvalue weighted by Crippen LogP contribution is 2.36. The fourth-order valence-electron chi connectivity index (χ4n) is 3.97. The van der Waals surface area contributed by atoms with Gasteiger partial charge in [-0.3, -0.25) is 4.79 Å². The first-order valence-corrected chi connectivity index (χ1v) is 11.1. The summed E-state index contributed by atoms with van der Waals surface area (Å²) in [5, 5.41) is 30.1. The summed E-state index contributed by atoms with van der Waals surface area (Å²) in [7, 11) is 1.34. The van der Waals surface area contributed by atoms with Crippen molar-refractivity contribution in [3.05, 3.63) is 54.1 Å². The molecule has 1 fully saturated rings. The lowest BCUT2D eigenvalue weighted by Crippen LogP contribution is -2.31. The van der Waals surface area contributed by atoms with E-state index in [1.807, 2.05) is 12.2 Å². The van der Waals surface area contributed by atoms with Gasteiger partial charge in [-0.25, -0.2) is 5.48 Å². The SMILES string of the molecule is COC(=O)CCCC=CC[C@H]1[C@@H](O)CC(NO)[C@@H]1C=C[C@@H](O)COc1cccc(C(F)(F)F)c1. The first kappa shape index (κ1) is 27.8. The largest absolute Gasteiger partial charge is 0.491 e. The monoisotopic (exact) mass is 487 g/mol. The van der Waals surface area contributed by atoms with E-state index in [1.165, 1.54) is 25.3 Å². The molecule has 34 heavy (non-hydrogen) atoms. The zero-order chi connectivity index (χ0) is 25.1. The van der Waals surface area contributed by atoms with E-state index in [0.29, 0.717) is 32.1 Å². The zero-order valence-electron chi connectivity index (χ0n) is 18.9. The lowest BCUT2D eigenvalue weighted by molar-refractivity contribution is -0.140. The summed E-state index contributed by atoms with van der Waals surface area (Å²) in [6.45, 7) is -0.255. The lowest BCUT2D eigenvalue weighted by atomic mass is 9.89. The number of hydrogen-bond acceptors (Lipinski definition) is 7. The molecule has 1 saturated carbocycles. The van der Waals surface area contributed by atoms with Crippen LogP contribution in [0.1, 0.15) is 37.7 Å². The number of aliphatic hydroxyl groups excluding tert-OH is 2. The Labute approximate surface area is 196 Å². The maximum atomic E-state index is 12.8. The number of alkyl halides is 3. The van der Waals surface area contributed by atoms with Crippen molar-refractivity contribution < 1.29 is 42.9 Å². The quantitative estimate of drug-likeness (QED) is 0.154. The Hall–Kier alpha value is -2.40. The molecular formula is C24H32F3NO6. The number of hydrogen-bond donors (Lipinski definition) is 4. The number of methoxy groups -OCH3 is 1. The second-order valence-electron chi connectivity index (χ2n) is 8.24. The maximum absolute atomic E-state index is 12.8. The molecule has 7 nitrogen and oxygen atoms in total. The van der Waals surface area contributed by atoms with E-state index in [1.54, 1.807) is 6.08 Å². The molecule has 4 N–H and O–H groups in total. The van der Waals surface area contributed by atoms with Gasteiger partial charge in [-0.2, -0.15) is 13.2 Å². The third kappa shape index (κ3) is 8.75. The van der Waals surface area contributed by atoms with Crippen LogP contribution in [-0.2, 0) is 15.7 Å². The Bertz CT molecular complexity index is 829. The maximum Gasteiger partial charge on any atom is 0.416 e. The molecule has 1 aliphatic carbocycles. The number of rotatable bonds is 12. The second-order valence-corrected chi connectivity index (χ2v) is 8.24. The summed E-state index contributed by atoms with van der Waals surface area (Å²) in [4.78, 5) is 11.1. The number of carbonyl (C=O) groups excluding carboxylic acids is 1. The van der Waals surface area contributed by atoms with Crippen LogP contribution in [-0.4, -0.2) is 53.4 Å². The molecule has 0 saturated heterocycles. The third-order valence-corrected chi connectivity index (χ3v) is 5.81. The van der Waals surface area contributed by atoms with Crippen molar-refractivity contribution in [3.8, 4) is 5.75 Å². The van der Waals surface area contributed by atoms with E-state index in [4.69, 9.17) is 4.74 Å². The van der Waals surface area contributed by atoms with E-state index >= 15 is 0 Å². The molecule has 0 aromatic heterocycles. The van der Waals surface area contributed by atoms with Gasteiger partial charge in [0, 0.05) is 18.4 Å².